The van der Waals surface area contributed by atoms with E-state index in [0.29, 0.717) is 5.75 Å². The lowest BCUT2D eigenvalue weighted by molar-refractivity contribution is 0.375. The van der Waals surface area contributed by atoms with Crippen molar-refractivity contribution in [3.8, 4) is 28.0 Å². The van der Waals surface area contributed by atoms with E-state index < -0.39 is 8.60 Å². The lowest BCUT2D eigenvalue weighted by Gasteiger charge is -2.25. The molecule has 0 amide bonds. The molecule has 0 aliphatic rings. The third-order valence-electron chi connectivity index (χ3n) is 14.7. The van der Waals surface area contributed by atoms with Gasteiger partial charge in [-0.1, -0.05) is 270 Å². The zero-order valence-corrected chi connectivity index (χ0v) is 45.5. The normalized spacial score (nSPS) is 11.6. The van der Waals surface area contributed by atoms with E-state index in [-0.39, 0.29) is 0 Å². The zero-order chi connectivity index (χ0) is 48.0. The van der Waals surface area contributed by atoms with Crippen LogP contribution in [0.25, 0.3) is 22.3 Å². The first-order valence-corrected chi connectivity index (χ1v) is 30.4. The van der Waals surface area contributed by atoms with Crippen molar-refractivity contribution in [2.45, 2.75) is 291 Å². The van der Waals surface area contributed by atoms with Crippen molar-refractivity contribution in [3.05, 3.63) is 76.3 Å². The number of unbranched alkanes of at least 4 members (excludes halogenated alkanes) is 30. The summed E-state index contributed by atoms with van der Waals surface area (Å²) >= 11 is 0. The van der Waals surface area contributed by atoms with E-state index in [0.717, 1.165) is 37.7 Å². The molecule has 380 valence electrons. The molecule has 3 rings (SSSR count). The first-order valence-electron chi connectivity index (χ1n) is 29.2. The molecule has 2 N–H and O–H groups in total. The van der Waals surface area contributed by atoms with Crippen molar-refractivity contribution >= 4 is 8.60 Å². The standard InChI is InChI=1S/C63H105O3P/c1-6-11-16-21-26-31-36-43-54-46-41-50-59(57(54)48-39-34-29-24-19-14-9-4)62-56(45-38-33-28-23-18-13-8-3)52-53-61(66-67(64)65)63(62)60-51-42-47-55(44-37-32-27-22-17-12-7-2)58(60)49-40-35-30-25-20-15-10-5/h41-42,46-47,50-53,64-65H,6-40,43-45,48-49H2,1-5H3. The maximum absolute atomic E-state index is 10.7. The SMILES string of the molecule is CCCCCCCCCc1cccc(-c2c(CCCCCCCCC)ccc(OP(O)O)c2-c2cccc(CCCCCCCCC)c2CCCCCCCCC)c1CCCCCCCCC. The fraction of sp³-hybridized carbons (Fsp3) is 0.714. The highest BCUT2D eigenvalue weighted by Crippen LogP contribution is 2.48. The Balaban J connectivity index is 2.23. The van der Waals surface area contributed by atoms with Crippen LogP contribution >= 0.6 is 8.60 Å². The van der Waals surface area contributed by atoms with Crippen LogP contribution in [-0.2, 0) is 32.1 Å². The highest BCUT2D eigenvalue weighted by molar-refractivity contribution is 7.39. The number of rotatable bonds is 44. The summed E-state index contributed by atoms with van der Waals surface area (Å²) in [4.78, 5) is 21.4. The minimum absolute atomic E-state index is 0.627. The third kappa shape index (κ3) is 24.5. The molecule has 0 aliphatic carbocycles. The molecule has 3 aromatic rings. The summed E-state index contributed by atoms with van der Waals surface area (Å²) in [7, 11) is -2.60. The summed E-state index contributed by atoms with van der Waals surface area (Å²) in [6.07, 6.45) is 51.0. The van der Waals surface area contributed by atoms with Gasteiger partial charge in [-0.3, -0.25) is 0 Å². The molecular formula is C63H105O3P. The summed E-state index contributed by atoms with van der Waals surface area (Å²) in [5.41, 5.74) is 12.4. The number of hydrogen-bond donors (Lipinski definition) is 2. The molecule has 3 aromatic carbocycles. The van der Waals surface area contributed by atoms with Gasteiger partial charge in [0.2, 0.25) is 0 Å². The van der Waals surface area contributed by atoms with Gasteiger partial charge in [0.1, 0.15) is 5.75 Å². The van der Waals surface area contributed by atoms with Gasteiger partial charge >= 0.3 is 8.60 Å². The van der Waals surface area contributed by atoms with E-state index in [1.807, 2.05) is 0 Å². The van der Waals surface area contributed by atoms with E-state index in [1.165, 1.54) is 269 Å². The molecule has 0 radical (unpaired) electrons. The van der Waals surface area contributed by atoms with Crippen LogP contribution in [0.5, 0.6) is 5.75 Å². The molecule has 67 heavy (non-hydrogen) atoms. The minimum atomic E-state index is -2.60. The van der Waals surface area contributed by atoms with E-state index in [2.05, 4.69) is 83.1 Å². The summed E-state index contributed by atoms with van der Waals surface area (Å²) in [5.74, 6) is 0.627. The Kier molecular flexibility index (Phi) is 34.9. The molecule has 0 fully saturated rings. The zero-order valence-electron chi connectivity index (χ0n) is 44.7. The fourth-order valence-corrected chi connectivity index (χ4v) is 11.0. The van der Waals surface area contributed by atoms with Crippen LogP contribution in [0, 0.1) is 0 Å². The lowest BCUT2D eigenvalue weighted by Crippen LogP contribution is -2.06. The Morgan fingerprint density at radius 2 is 0.612 bits per heavy atom. The largest absolute Gasteiger partial charge is 0.426 e. The quantitative estimate of drug-likeness (QED) is 0.0439. The lowest BCUT2D eigenvalue weighted by atomic mass is 9.80. The number of benzene rings is 3. The van der Waals surface area contributed by atoms with E-state index in [9.17, 15) is 9.79 Å². The van der Waals surface area contributed by atoms with Gasteiger partial charge < -0.3 is 14.3 Å². The summed E-state index contributed by atoms with van der Waals surface area (Å²) in [6, 6.07) is 18.7. The predicted molar refractivity (Wildman–Crippen MR) is 298 cm³/mol. The minimum Gasteiger partial charge on any atom is -0.426 e. The van der Waals surface area contributed by atoms with Gasteiger partial charge in [0.15, 0.2) is 0 Å². The van der Waals surface area contributed by atoms with Crippen LogP contribution in [0.4, 0.5) is 0 Å². The van der Waals surface area contributed by atoms with Gasteiger partial charge in [-0.15, -0.1) is 0 Å². The first-order chi connectivity index (χ1) is 33.0. The Morgan fingerprint density at radius 1 is 0.313 bits per heavy atom. The van der Waals surface area contributed by atoms with Crippen molar-refractivity contribution < 1.29 is 14.3 Å². The van der Waals surface area contributed by atoms with Crippen molar-refractivity contribution in [1.29, 1.82) is 0 Å². The summed E-state index contributed by atoms with van der Waals surface area (Å²) in [5, 5.41) is 0. The van der Waals surface area contributed by atoms with E-state index in [1.54, 1.807) is 0 Å². The second-order valence-electron chi connectivity index (χ2n) is 20.6. The van der Waals surface area contributed by atoms with Crippen LogP contribution in [0.2, 0.25) is 0 Å². The van der Waals surface area contributed by atoms with Gasteiger partial charge in [0.05, 0.1) is 0 Å². The number of aryl methyl sites for hydroxylation is 3. The highest BCUT2D eigenvalue weighted by Gasteiger charge is 2.25. The molecule has 0 unspecified atom stereocenters. The molecule has 0 heterocycles. The topological polar surface area (TPSA) is 49.7 Å². The maximum atomic E-state index is 10.7. The Morgan fingerprint density at radius 3 is 0.955 bits per heavy atom. The van der Waals surface area contributed by atoms with Crippen molar-refractivity contribution in [3.63, 3.8) is 0 Å². The molecule has 3 nitrogen and oxygen atoms in total. The van der Waals surface area contributed by atoms with Gasteiger partial charge in [-0.2, -0.15) is 0 Å². The molecule has 0 saturated heterocycles. The predicted octanol–water partition coefficient (Wildman–Crippen LogP) is 21.1. The molecule has 0 spiro atoms. The van der Waals surface area contributed by atoms with Crippen LogP contribution in [0.15, 0.2) is 48.5 Å². The van der Waals surface area contributed by atoms with Crippen LogP contribution in [0.3, 0.4) is 0 Å². The van der Waals surface area contributed by atoms with Crippen LogP contribution in [-0.4, -0.2) is 9.79 Å². The van der Waals surface area contributed by atoms with Crippen molar-refractivity contribution in [2.75, 3.05) is 0 Å². The number of hydrogen-bond acceptors (Lipinski definition) is 3. The molecule has 4 heteroatoms. The van der Waals surface area contributed by atoms with Crippen molar-refractivity contribution in [1.82, 2.24) is 0 Å². The second-order valence-corrected chi connectivity index (χ2v) is 21.2. The van der Waals surface area contributed by atoms with Gasteiger partial charge in [0.25, 0.3) is 0 Å². The van der Waals surface area contributed by atoms with Crippen molar-refractivity contribution in [2.24, 2.45) is 0 Å². The molecule has 0 atom stereocenters. The van der Waals surface area contributed by atoms with Crippen LogP contribution in [0.1, 0.15) is 287 Å². The average molecular weight is 942 g/mol. The Hall–Kier alpha value is -2.19. The average Bonchev–Trinajstić information content (AvgIpc) is 3.33. The van der Waals surface area contributed by atoms with Gasteiger partial charge in [0, 0.05) is 5.56 Å². The molecule has 0 aromatic heterocycles. The summed E-state index contributed by atoms with van der Waals surface area (Å²) < 4.78 is 6.23. The fourth-order valence-electron chi connectivity index (χ4n) is 10.7. The molecule has 0 aliphatic heterocycles. The first kappa shape index (κ1) is 59.1. The summed E-state index contributed by atoms with van der Waals surface area (Å²) in [6.45, 7) is 11.5. The monoisotopic (exact) mass is 941 g/mol. The molecular weight excluding hydrogens is 836 g/mol. The van der Waals surface area contributed by atoms with Gasteiger partial charge in [-0.25, -0.2) is 0 Å². The second kappa shape index (κ2) is 39.5. The molecule has 0 saturated carbocycles. The third-order valence-corrected chi connectivity index (χ3v) is 15.1. The highest BCUT2D eigenvalue weighted by atomic mass is 31.2. The molecule has 0 bridgehead atoms. The maximum Gasteiger partial charge on any atom is 0.391 e. The van der Waals surface area contributed by atoms with E-state index in [4.69, 9.17) is 4.52 Å². The van der Waals surface area contributed by atoms with Crippen LogP contribution < -0.4 is 4.52 Å². The van der Waals surface area contributed by atoms with E-state index >= 15 is 0 Å². The Labute approximate surface area is 416 Å². The Bertz CT molecular complexity index is 1650. The van der Waals surface area contributed by atoms with Gasteiger partial charge in [-0.05, 0) is 115 Å². The smallest absolute Gasteiger partial charge is 0.391 e.